The minimum absolute atomic E-state index is 0.198. The van der Waals surface area contributed by atoms with E-state index in [1.807, 2.05) is 11.8 Å². The molecule has 1 aliphatic rings. The van der Waals surface area contributed by atoms with E-state index < -0.39 is 10.0 Å². The molecule has 0 bridgehead atoms. The Morgan fingerprint density at radius 1 is 1.53 bits per heavy atom. The number of hydrogen-bond donors (Lipinski definition) is 1. The predicted molar refractivity (Wildman–Crippen MR) is 83.9 cm³/mol. The summed E-state index contributed by atoms with van der Waals surface area (Å²) in [5, 5.41) is 0.372. The van der Waals surface area contributed by atoms with Crippen LogP contribution < -0.4 is 5.73 Å². The van der Waals surface area contributed by atoms with Crippen molar-refractivity contribution in [3.8, 4) is 0 Å². The fourth-order valence-electron chi connectivity index (χ4n) is 2.03. The third kappa shape index (κ3) is 3.26. The molecule has 1 aromatic rings. The van der Waals surface area contributed by atoms with E-state index >= 15 is 0 Å². The molecule has 1 fully saturated rings. The summed E-state index contributed by atoms with van der Waals surface area (Å²) in [6, 6.07) is 4.94. The van der Waals surface area contributed by atoms with Gasteiger partial charge >= 0.3 is 0 Å². The van der Waals surface area contributed by atoms with Gasteiger partial charge in [0.15, 0.2) is 0 Å². The van der Waals surface area contributed by atoms with Gasteiger partial charge in [-0.2, -0.15) is 16.1 Å². The maximum Gasteiger partial charge on any atom is 0.245 e. The van der Waals surface area contributed by atoms with Crippen molar-refractivity contribution >= 4 is 43.4 Å². The fourth-order valence-corrected chi connectivity index (χ4v) is 5.56. The van der Waals surface area contributed by atoms with E-state index in [0.29, 0.717) is 24.0 Å². The van der Waals surface area contributed by atoms with Gasteiger partial charge in [-0.25, -0.2) is 8.42 Å². The van der Waals surface area contributed by atoms with Crippen LogP contribution in [0.2, 0.25) is 0 Å². The van der Waals surface area contributed by atoms with Crippen molar-refractivity contribution in [2.24, 2.45) is 0 Å². The number of anilines is 1. The van der Waals surface area contributed by atoms with Gasteiger partial charge in [0.1, 0.15) is 4.90 Å². The summed E-state index contributed by atoms with van der Waals surface area (Å²) in [5.41, 5.74) is 6.12. The highest BCUT2D eigenvalue weighted by atomic mass is 79.9. The molecule has 2 N–H and O–H groups in total. The molecule has 7 heteroatoms. The van der Waals surface area contributed by atoms with Crippen molar-refractivity contribution in [2.75, 3.05) is 24.6 Å². The normalized spacial score (nSPS) is 21.5. The van der Waals surface area contributed by atoms with E-state index in [2.05, 4.69) is 22.9 Å². The maximum absolute atomic E-state index is 12.6. The molecule has 0 amide bonds. The van der Waals surface area contributed by atoms with E-state index in [9.17, 15) is 8.42 Å². The Kier molecular flexibility index (Phi) is 4.81. The molecule has 0 aromatic heterocycles. The Morgan fingerprint density at radius 3 is 2.95 bits per heavy atom. The first-order valence-electron chi connectivity index (χ1n) is 6.12. The molecule has 0 radical (unpaired) electrons. The summed E-state index contributed by atoms with van der Waals surface area (Å²) in [7, 11) is -3.49. The van der Waals surface area contributed by atoms with E-state index in [-0.39, 0.29) is 4.90 Å². The highest BCUT2D eigenvalue weighted by molar-refractivity contribution is 9.10. The van der Waals surface area contributed by atoms with Crippen LogP contribution in [-0.4, -0.2) is 36.8 Å². The Balaban J connectivity index is 2.34. The van der Waals surface area contributed by atoms with Crippen LogP contribution in [0.25, 0.3) is 0 Å². The van der Waals surface area contributed by atoms with Crippen molar-refractivity contribution in [1.29, 1.82) is 0 Å². The van der Waals surface area contributed by atoms with Gasteiger partial charge in [-0.05, 0) is 24.6 Å². The summed E-state index contributed by atoms with van der Waals surface area (Å²) in [5.74, 6) is 0.839. The molecule has 1 aliphatic heterocycles. The zero-order valence-corrected chi connectivity index (χ0v) is 13.9. The van der Waals surface area contributed by atoms with Crippen LogP contribution in [0, 0.1) is 0 Å². The second kappa shape index (κ2) is 6.03. The lowest BCUT2D eigenvalue weighted by molar-refractivity contribution is 0.416. The van der Waals surface area contributed by atoms with Crippen molar-refractivity contribution in [3.05, 3.63) is 22.7 Å². The summed E-state index contributed by atoms with van der Waals surface area (Å²) in [4.78, 5) is 0.198. The summed E-state index contributed by atoms with van der Waals surface area (Å²) in [6.45, 7) is 3.20. The smallest absolute Gasteiger partial charge is 0.245 e. The number of hydrogen-bond acceptors (Lipinski definition) is 4. The van der Waals surface area contributed by atoms with Gasteiger partial charge < -0.3 is 5.73 Å². The molecule has 0 aliphatic carbocycles. The Bertz CT molecular complexity index is 563. The third-order valence-corrected chi connectivity index (χ3v) is 6.94. The molecule has 0 saturated carbocycles. The minimum atomic E-state index is -3.49. The summed E-state index contributed by atoms with van der Waals surface area (Å²) < 4.78 is 27.5. The molecular formula is C12H17BrN2O2S2. The van der Waals surface area contributed by atoms with Crippen LogP contribution in [-0.2, 0) is 10.0 Å². The molecule has 106 valence electrons. The average molecular weight is 365 g/mol. The number of rotatable bonds is 3. The molecule has 1 heterocycles. The van der Waals surface area contributed by atoms with Crippen molar-refractivity contribution in [1.82, 2.24) is 4.31 Å². The second-order valence-electron chi connectivity index (χ2n) is 4.45. The summed E-state index contributed by atoms with van der Waals surface area (Å²) in [6.07, 6.45) is 0.977. The average Bonchev–Trinajstić information content (AvgIpc) is 2.41. The van der Waals surface area contributed by atoms with Crippen LogP contribution in [0.1, 0.15) is 13.3 Å². The zero-order valence-electron chi connectivity index (χ0n) is 10.7. The lowest BCUT2D eigenvalue weighted by Crippen LogP contribution is -2.41. The SMILES string of the molecule is CCC1CN(S(=O)(=O)c2cc(Br)ccc2N)CCS1. The van der Waals surface area contributed by atoms with Crippen LogP contribution in [0.15, 0.2) is 27.6 Å². The van der Waals surface area contributed by atoms with Crippen LogP contribution in [0.3, 0.4) is 0 Å². The first kappa shape index (κ1) is 15.2. The van der Waals surface area contributed by atoms with Crippen molar-refractivity contribution < 1.29 is 8.42 Å². The Labute approximate surface area is 126 Å². The van der Waals surface area contributed by atoms with Crippen LogP contribution >= 0.6 is 27.7 Å². The highest BCUT2D eigenvalue weighted by Gasteiger charge is 2.31. The first-order chi connectivity index (χ1) is 8.95. The van der Waals surface area contributed by atoms with E-state index in [1.165, 1.54) is 0 Å². The first-order valence-corrected chi connectivity index (χ1v) is 9.40. The minimum Gasteiger partial charge on any atom is -0.398 e. The summed E-state index contributed by atoms with van der Waals surface area (Å²) >= 11 is 5.13. The lowest BCUT2D eigenvalue weighted by atomic mass is 10.3. The number of nitrogen functional groups attached to an aromatic ring is 1. The van der Waals surface area contributed by atoms with E-state index in [0.717, 1.165) is 16.6 Å². The van der Waals surface area contributed by atoms with Crippen LogP contribution in [0.4, 0.5) is 5.69 Å². The molecule has 19 heavy (non-hydrogen) atoms. The monoisotopic (exact) mass is 364 g/mol. The zero-order chi connectivity index (χ0) is 14.0. The molecule has 0 spiro atoms. The predicted octanol–water partition coefficient (Wildman–Crippen LogP) is 2.55. The van der Waals surface area contributed by atoms with Crippen LogP contribution in [0.5, 0.6) is 0 Å². The van der Waals surface area contributed by atoms with Crippen molar-refractivity contribution in [3.63, 3.8) is 0 Å². The van der Waals surface area contributed by atoms with Gasteiger partial charge in [0.2, 0.25) is 10.0 Å². The number of halogens is 1. The van der Waals surface area contributed by atoms with E-state index in [1.54, 1.807) is 22.5 Å². The number of nitrogens with two attached hydrogens (primary N) is 1. The number of benzene rings is 1. The molecular weight excluding hydrogens is 348 g/mol. The number of thioether (sulfide) groups is 1. The Morgan fingerprint density at radius 2 is 2.26 bits per heavy atom. The molecule has 1 atom stereocenters. The fraction of sp³-hybridized carbons (Fsp3) is 0.500. The third-order valence-electron chi connectivity index (χ3n) is 3.15. The lowest BCUT2D eigenvalue weighted by Gasteiger charge is -2.31. The highest BCUT2D eigenvalue weighted by Crippen LogP contribution is 2.30. The molecule has 1 saturated heterocycles. The molecule has 4 nitrogen and oxygen atoms in total. The quantitative estimate of drug-likeness (QED) is 0.837. The standard InChI is InChI=1S/C12H17BrN2O2S2/c1-2-10-8-15(5-6-18-10)19(16,17)12-7-9(13)3-4-11(12)14/h3-4,7,10H,2,5-6,8,14H2,1H3. The largest absolute Gasteiger partial charge is 0.398 e. The van der Waals surface area contributed by atoms with Gasteiger partial charge in [-0.15, -0.1) is 0 Å². The number of sulfonamides is 1. The van der Waals surface area contributed by atoms with Gasteiger partial charge in [0.05, 0.1) is 5.69 Å². The Hall–Kier alpha value is -0.240. The van der Waals surface area contributed by atoms with Gasteiger partial charge in [-0.3, -0.25) is 0 Å². The molecule has 2 rings (SSSR count). The van der Waals surface area contributed by atoms with Gasteiger partial charge in [-0.1, -0.05) is 22.9 Å². The van der Waals surface area contributed by atoms with Crippen molar-refractivity contribution in [2.45, 2.75) is 23.5 Å². The number of nitrogens with zero attached hydrogens (tertiary/aromatic N) is 1. The van der Waals surface area contributed by atoms with Gasteiger partial charge in [0, 0.05) is 28.6 Å². The molecule has 1 unspecified atom stereocenters. The topological polar surface area (TPSA) is 63.4 Å². The second-order valence-corrected chi connectivity index (χ2v) is 8.68. The van der Waals surface area contributed by atoms with E-state index in [4.69, 9.17) is 5.73 Å². The molecule has 1 aromatic carbocycles. The van der Waals surface area contributed by atoms with Gasteiger partial charge in [0.25, 0.3) is 0 Å². The maximum atomic E-state index is 12.6.